The monoisotopic (exact) mass is 151 g/mol. The zero-order chi connectivity index (χ0) is 6.97. The standard InChI is InChI=1S/C8H9NS/c10-8-5-6-3-1-2-4-7(6)9-8/h1-4,8-10H,5H2. The molecule has 0 spiro atoms. The van der Waals surface area contributed by atoms with E-state index in [0.29, 0.717) is 5.37 Å². The topological polar surface area (TPSA) is 12.0 Å². The van der Waals surface area contributed by atoms with E-state index in [1.54, 1.807) is 0 Å². The molecule has 2 rings (SSSR count). The number of hydrogen-bond donors (Lipinski definition) is 2. The quantitative estimate of drug-likeness (QED) is 0.540. The van der Waals surface area contributed by atoms with Gasteiger partial charge in [-0.15, -0.1) is 0 Å². The number of benzene rings is 1. The Morgan fingerprint density at radius 1 is 1.40 bits per heavy atom. The normalized spacial score (nSPS) is 21.9. The fraction of sp³-hybridized carbons (Fsp3) is 0.250. The van der Waals surface area contributed by atoms with Gasteiger partial charge in [0.2, 0.25) is 0 Å². The third-order valence-electron chi connectivity index (χ3n) is 1.75. The van der Waals surface area contributed by atoms with Crippen molar-refractivity contribution in [1.82, 2.24) is 0 Å². The van der Waals surface area contributed by atoms with Crippen molar-refractivity contribution >= 4 is 18.3 Å². The lowest BCUT2D eigenvalue weighted by atomic mass is 10.2. The van der Waals surface area contributed by atoms with Crippen LogP contribution >= 0.6 is 12.6 Å². The second-order valence-corrected chi connectivity index (χ2v) is 3.14. The van der Waals surface area contributed by atoms with Crippen LogP contribution in [-0.2, 0) is 6.42 Å². The van der Waals surface area contributed by atoms with E-state index in [1.165, 1.54) is 11.3 Å². The maximum atomic E-state index is 4.33. The number of hydrogen-bond acceptors (Lipinski definition) is 2. The molecule has 52 valence electrons. The molecule has 10 heavy (non-hydrogen) atoms. The summed E-state index contributed by atoms with van der Waals surface area (Å²) in [7, 11) is 0. The first-order chi connectivity index (χ1) is 4.86. The maximum absolute atomic E-state index is 4.33. The average molecular weight is 151 g/mol. The van der Waals surface area contributed by atoms with Gasteiger partial charge < -0.3 is 5.32 Å². The lowest BCUT2D eigenvalue weighted by Crippen LogP contribution is -2.04. The minimum atomic E-state index is 0.317. The third-order valence-corrected chi connectivity index (χ3v) is 2.06. The summed E-state index contributed by atoms with van der Waals surface area (Å²) in [5.41, 5.74) is 2.62. The van der Waals surface area contributed by atoms with Crippen LogP contribution in [0.1, 0.15) is 5.56 Å². The Labute approximate surface area is 65.9 Å². The number of fused-ring (bicyclic) bond motifs is 1. The Bertz CT molecular complexity index is 222. The summed E-state index contributed by atoms with van der Waals surface area (Å²) in [5.74, 6) is 0. The van der Waals surface area contributed by atoms with Gasteiger partial charge in [0.15, 0.2) is 0 Å². The molecule has 1 atom stereocenters. The second-order valence-electron chi connectivity index (χ2n) is 2.52. The largest absolute Gasteiger partial charge is 0.373 e. The molecule has 0 fully saturated rings. The predicted molar refractivity (Wildman–Crippen MR) is 46.5 cm³/mol. The molecular formula is C8H9NS. The zero-order valence-corrected chi connectivity index (χ0v) is 6.44. The number of nitrogens with one attached hydrogen (secondary N) is 1. The highest BCUT2D eigenvalue weighted by Gasteiger charge is 2.14. The van der Waals surface area contributed by atoms with E-state index in [1.807, 2.05) is 6.07 Å². The van der Waals surface area contributed by atoms with E-state index >= 15 is 0 Å². The van der Waals surface area contributed by atoms with E-state index in [4.69, 9.17) is 0 Å². The molecular weight excluding hydrogens is 142 g/mol. The van der Waals surface area contributed by atoms with Crippen molar-refractivity contribution in [2.45, 2.75) is 11.8 Å². The van der Waals surface area contributed by atoms with E-state index < -0.39 is 0 Å². The Kier molecular flexibility index (Phi) is 1.34. The van der Waals surface area contributed by atoms with Gasteiger partial charge in [-0.1, -0.05) is 18.2 Å². The molecule has 0 saturated carbocycles. The van der Waals surface area contributed by atoms with Gasteiger partial charge in [-0.3, -0.25) is 0 Å². The van der Waals surface area contributed by atoms with Crippen molar-refractivity contribution in [1.29, 1.82) is 0 Å². The Morgan fingerprint density at radius 2 is 2.20 bits per heavy atom. The number of anilines is 1. The van der Waals surface area contributed by atoms with Gasteiger partial charge in [0.1, 0.15) is 0 Å². The first-order valence-electron chi connectivity index (χ1n) is 3.39. The van der Waals surface area contributed by atoms with Gasteiger partial charge in [0.25, 0.3) is 0 Å². The zero-order valence-electron chi connectivity index (χ0n) is 5.54. The molecule has 0 radical (unpaired) electrons. The van der Waals surface area contributed by atoms with Gasteiger partial charge >= 0.3 is 0 Å². The van der Waals surface area contributed by atoms with Crippen LogP contribution in [0.2, 0.25) is 0 Å². The van der Waals surface area contributed by atoms with Crippen LogP contribution in [0, 0.1) is 0 Å². The Hall–Kier alpha value is -0.630. The van der Waals surface area contributed by atoms with E-state index in [0.717, 1.165) is 6.42 Å². The smallest absolute Gasteiger partial charge is 0.0734 e. The highest BCUT2D eigenvalue weighted by atomic mass is 32.1. The number of para-hydroxylation sites is 1. The molecule has 0 bridgehead atoms. The molecule has 0 amide bonds. The van der Waals surface area contributed by atoms with Crippen LogP contribution in [0.25, 0.3) is 0 Å². The summed E-state index contributed by atoms with van der Waals surface area (Å²) < 4.78 is 0. The summed E-state index contributed by atoms with van der Waals surface area (Å²) >= 11 is 4.33. The summed E-state index contributed by atoms with van der Waals surface area (Å²) in [6.07, 6.45) is 1.04. The lowest BCUT2D eigenvalue weighted by Gasteiger charge is -1.99. The molecule has 1 aromatic rings. The third kappa shape index (κ3) is 0.886. The van der Waals surface area contributed by atoms with Crippen molar-refractivity contribution in [3.05, 3.63) is 29.8 Å². The van der Waals surface area contributed by atoms with Crippen molar-refractivity contribution < 1.29 is 0 Å². The fourth-order valence-corrected chi connectivity index (χ4v) is 1.61. The molecule has 0 aromatic heterocycles. The van der Waals surface area contributed by atoms with Crippen molar-refractivity contribution in [3.63, 3.8) is 0 Å². The molecule has 0 saturated heterocycles. The van der Waals surface area contributed by atoms with Crippen LogP contribution in [0.5, 0.6) is 0 Å². The highest BCUT2D eigenvalue weighted by Crippen LogP contribution is 2.25. The van der Waals surface area contributed by atoms with E-state index in [9.17, 15) is 0 Å². The van der Waals surface area contributed by atoms with E-state index in [2.05, 4.69) is 36.1 Å². The van der Waals surface area contributed by atoms with Gasteiger partial charge in [0, 0.05) is 12.1 Å². The molecule has 1 aromatic carbocycles. The highest BCUT2D eigenvalue weighted by molar-refractivity contribution is 7.81. The second kappa shape index (κ2) is 2.20. The first kappa shape index (κ1) is 6.10. The van der Waals surface area contributed by atoms with Gasteiger partial charge in [-0.05, 0) is 11.6 Å². The molecule has 1 heterocycles. The number of rotatable bonds is 0. The molecule has 1 N–H and O–H groups in total. The molecule has 2 heteroatoms. The SMILES string of the molecule is SC1Cc2ccccc2N1. The Balaban J connectivity index is 2.42. The van der Waals surface area contributed by atoms with Gasteiger partial charge in [0.05, 0.1) is 5.37 Å². The maximum Gasteiger partial charge on any atom is 0.0734 e. The minimum Gasteiger partial charge on any atom is -0.373 e. The Morgan fingerprint density at radius 3 is 3.00 bits per heavy atom. The first-order valence-corrected chi connectivity index (χ1v) is 3.90. The molecule has 1 aliphatic heterocycles. The van der Waals surface area contributed by atoms with Crippen LogP contribution in [0.3, 0.4) is 0 Å². The number of thiol groups is 1. The molecule has 1 unspecified atom stereocenters. The van der Waals surface area contributed by atoms with Crippen molar-refractivity contribution in [2.75, 3.05) is 5.32 Å². The van der Waals surface area contributed by atoms with E-state index in [-0.39, 0.29) is 0 Å². The molecule has 1 nitrogen and oxygen atoms in total. The van der Waals surface area contributed by atoms with Gasteiger partial charge in [-0.25, -0.2) is 0 Å². The van der Waals surface area contributed by atoms with Crippen LogP contribution in [0.15, 0.2) is 24.3 Å². The fourth-order valence-electron chi connectivity index (χ4n) is 1.28. The van der Waals surface area contributed by atoms with Crippen LogP contribution in [0.4, 0.5) is 5.69 Å². The summed E-state index contributed by atoms with van der Waals surface area (Å²) in [6, 6.07) is 8.33. The van der Waals surface area contributed by atoms with Crippen molar-refractivity contribution in [2.24, 2.45) is 0 Å². The lowest BCUT2D eigenvalue weighted by molar-refractivity contribution is 1.04. The van der Waals surface area contributed by atoms with Crippen LogP contribution < -0.4 is 5.32 Å². The van der Waals surface area contributed by atoms with Gasteiger partial charge in [-0.2, -0.15) is 12.6 Å². The van der Waals surface area contributed by atoms with Crippen LogP contribution in [-0.4, -0.2) is 5.37 Å². The summed E-state index contributed by atoms with van der Waals surface area (Å²) in [5, 5.41) is 3.58. The summed E-state index contributed by atoms with van der Waals surface area (Å²) in [6.45, 7) is 0. The molecule has 1 aliphatic rings. The van der Waals surface area contributed by atoms with Crippen molar-refractivity contribution in [3.8, 4) is 0 Å². The minimum absolute atomic E-state index is 0.317. The summed E-state index contributed by atoms with van der Waals surface area (Å²) in [4.78, 5) is 0. The predicted octanol–water partition coefficient (Wildman–Crippen LogP) is 1.91. The molecule has 0 aliphatic carbocycles. The average Bonchev–Trinajstić information content (AvgIpc) is 2.27.